The second kappa shape index (κ2) is 7.74. The van der Waals surface area contributed by atoms with Crippen LogP contribution in [0.5, 0.6) is 0 Å². The summed E-state index contributed by atoms with van der Waals surface area (Å²) in [5, 5.41) is 0. The molecule has 0 spiro atoms. The van der Waals surface area contributed by atoms with E-state index >= 15 is 0 Å². The molecule has 2 atom stereocenters. The van der Waals surface area contributed by atoms with Crippen molar-refractivity contribution in [1.82, 2.24) is 14.8 Å². The second-order valence-corrected chi connectivity index (χ2v) is 8.11. The van der Waals surface area contributed by atoms with Gasteiger partial charge in [0.25, 0.3) is 5.91 Å². The molecule has 0 N–H and O–H groups in total. The number of likely N-dealkylation sites (tertiary alicyclic amines) is 1. The summed E-state index contributed by atoms with van der Waals surface area (Å²) in [5.74, 6) is 0.0736. The van der Waals surface area contributed by atoms with E-state index in [1.165, 1.54) is 0 Å². The van der Waals surface area contributed by atoms with Crippen LogP contribution in [0.15, 0.2) is 48.8 Å². The molecule has 2 aliphatic heterocycles. The molecule has 0 radical (unpaired) electrons. The molecule has 2 aromatic rings. The van der Waals surface area contributed by atoms with Crippen molar-refractivity contribution in [3.05, 3.63) is 65.5 Å². The SMILES string of the molecule is CC(C)[C@@H](C(=O)N1CCCC[C@H]1c1cccnc1)N1Cc2ccccc2C1=O. The molecular weight excluding hydrogens is 350 g/mol. The van der Waals surface area contributed by atoms with Crippen LogP contribution in [0.3, 0.4) is 0 Å². The molecule has 0 aliphatic carbocycles. The van der Waals surface area contributed by atoms with Crippen molar-refractivity contribution in [2.75, 3.05) is 6.54 Å². The molecule has 0 saturated carbocycles. The highest BCUT2D eigenvalue weighted by Gasteiger charge is 2.41. The zero-order valence-electron chi connectivity index (χ0n) is 16.5. The third-order valence-electron chi connectivity index (χ3n) is 5.92. The van der Waals surface area contributed by atoms with E-state index in [0.29, 0.717) is 6.54 Å². The Kier molecular flexibility index (Phi) is 5.16. The van der Waals surface area contributed by atoms with Crippen molar-refractivity contribution in [2.45, 2.75) is 51.7 Å². The van der Waals surface area contributed by atoms with E-state index in [2.05, 4.69) is 4.98 Å². The molecule has 1 aromatic carbocycles. The van der Waals surface area contributed by atoms with Gasteiger partial charge in [-0.05, 0) is 48.4 Å². The van der Waals surface area contributed by atoms with Crippen LogP contribution in [0.25, 0.3) is 0 Å². The number of carbonyl (C=O) groups excluding carboxylic acids is 2. The van der Waals surface area contributed by atoms with Gasteiger partial charge in [0.05, 0.1) is 6.04 Å². The van der Waals surface area contributed by atoms with Crippen LogP contribution in [-0.4, -0.2) is 39.2 Å². The van der Waals surface area contributed by atoms with E-state index in [1.807, 2.05) is 61.3 Å². The lowest BCUT2D eigenvalue weighted by atomic mass is 9.93. The zero-order valence-corrected chi connectivity index (χ0v) is 16.5. The molecule has 4 rings (SSSR count). The number of hydrogen-bond acceptors (Lipinski definition) is 3. The molecule has 146 valence electrons. The Morgan fingerprint density at radius 3 is 2.68 bits per heavy atom. The molecule has 1 aromatic heterocycles. The van der Waals surface area contributed by atoms with E-state index in [0.717, 1.165) is 42.5 Å². The molecule has 0 bridgehead atoms. The lowest BCUT2D eigenvalue weighted by molar-refractivity contribution is -0.141. The minimum absolute atomic E-state index is 0.0300. The molecule has 2 aliphatic rings. The van der Waals surface area contributed by atoms with Crippen molar-refractivity contribution >= 4 is 11.8 Å². The first kappa shape index (κ1) is 18.7. The number of carbonyl (C=O) groups is 2. The topological polar surface area (TPSA) is 53.5 Å². The van der Waals surface area contributed by atoms with Crippen LogP contribution in [0, 0.1) is 5.92 Å². The summed E-state index contributed by atoms with van der Waals surface area (Å²) in [6.07, 6.45) is 6.66. The minimum atomic E-state index is -0.447. The first-order valence-electron chi connectivity index (χ1n) is 10.2. The van der Waals surface area contributed by atoms with E-state index in [1.54, 1.807) is 11.1 Å². The smallest absolute Gasteiger partial charge is 0.255 e. The molecule has 2 amide bonds. The molecule has 0 unspecified atom stereocenters. The van der Waals surface area contributed by atoms with Gasteiger partial charge in [0.15, 0.2) is 0 Å². The number of benzene rings is 1. The van der Waals surface area contributed by atoms with E-state index in [-0.39, 0.29) is 23.8 Å². The van der Waals surface area contributed by atoms with Crippen molar-refractivity contribution in [1.29, 1.82) is 0 Å². The van der Waals surface area contributed by atoms with Crippen LogP contribution in [-0.2, 0) is 11.3 Å². The Balaban J connectivity index is 1.63. The van der Waals surface area contributed by atoms with Gasteiger partial charge >= 0.3 is 0 Å². The van der Waals surface area contributed by atoms with Gasteiger partial charge in [-0.1, -0.05) is 38.1 Å². The summed E-state index contributed by atoms with van der Waals surface area (Å²) in [5.41, 5.74) is 2.81. The summed E-state index contributed by atoms with van der Waals surface area (Å²) in [7, 11) is 0. The fraction of sp³-hybridized carbons (Fsp3) is 0.435. The first-order chi connectivity index (χ1) is 13.6. The van der Waals surface area contributed by atoms with E-state index in [4.69, 9.17) is 0 Å². The van der Waals surface area contributed by atoms with Gasteiger partial charge in [-0.15, -0.1) is 0 Å². The Bertz CT molecular complexity index is 865. The van der Waals surface area contributed by atoms with Crippen LogP contribution >= 0.6 is 0 Å². The number of hydrogen-bond donors (Lipinski definition) is 0. The Labute approximate surface area is 166 Å². The monoisotopic (exact) mass is 377 g/mol. The number of aromatic nitrogens is 1. The number of rotatable bonds is 4. The number of fused-ring (bicyclic) bond motifs is 1. The normalized spacial score (nSPS) is 20.4. The van der Waals surface area contributed by atoms with Crippen LogP contribution < -0.4 is 0 Å². The predicted molar refractivity (Wildman–Crippen MR) is 107 cm³/mol. The maximum absolute atomic E-state index is 13.7. The largest absolute Gasteiger partial charge is 0.334 e. The fourth-order valence-electron chi connectivity index (χ4n) is 4.56. The lowest BCUT2D eigenvalue weighted by Crippen LogP contribution is -2.53. The van der Waals surface area contributed by atoms with E-state index < -0.39 is 6.04 Å². The van der Waals surface area contributed by atoms with Gasteiger partial charge < -0.3 is 9.80 Å². The zero-order chi connectivity index (χ0) is 19.7. The van der Waals surface area contributed by atoms with Crippen LogP contribution in [0.4, 0.5) is 0 Å². The molecular formula is C23H27N3O2. The number of nitrogens with zero attached hydrogens (tertiary/aromatic N) is 3. The third kappa shape index (κ3) is 3.30. The highest BCUT2D eigenvalue weighted by Crippen LogP contribution is 2.34. The van der Waals surface area contributed by atoms with Gasteiger partial charge in [-0.3, -0.25) is 14.6 Å². The standard InChI is InChI=1S/C23H27N3O2/c1-16(2)21(26-15-18-8-3-4-10-19(18)22(26)27)23(28)25-13-6-5-11-20(25)17-9-7-12-24-14-17/h3-4,7-10,12,14,16,20-21H,5-6,11,13,15H2,1-2H3/t20-,21-/m0/s1. The van der Waals surface area contributed by atoms with Crippen molar-refractivity contribution < 1.29 is 9.59 Å². The number of pyridine rings is 1. The van der Waals surface area contributed by atoms with Gasteiger partial charge in [-0.25, -0.2) is 0 Å². The summed E-state index contributed by atoms with van der Waals surface area (Å²) >= 11 is 0. The Morgan fingerprint density at radius 2 is 1.96 bits per heavy atom. The molecule has 1 saturated heterocycles. The fourth-order valence-corrected chi connectivity index (χ4v) is 4.56. The van der Waals surface area contributed by atoms with Gasteiger partial charge in [-0.2, -0.15) is 0 Å². The lowest BCUT2D eigenvalue weighted by Gasteiger charge is -2.41. The predicted octanol–water partition coefficient (Wildman–Crippen LogP) is 3.82. The summed E-state index contributed by atoms with van der Waals surface area (Å²) in [4.78, 5) is 34.8. The highest BCUT2D eigenvalue weighted by molar-refractivity contribution is 6.01. The third-order valence-corrected chi connectivity index (χ3v) is 5.92. The Morgan fingerprint density at radius 1 is 1.14 bits per heavy atom. The summed E-state index contributed by atoms with van der Waals surface area (Å²) in [6, 6.07) is 11.2. The molecule has 28 heavy (non-hydrogen) atoms. The Hall–Kier alpha value is -2.69. The maximum atomic E-state index is 13.7. The maximum Gasteiger partial charge on any atom is 0.255 e. The van der Waals surface area contributed by atoms with Crippen LogP contribution in [0.2, 0.25) is 0 Å². The molecule has 5 nitrogen and oxygen atoms in total. The van der Waals surface area contributed by atoms with Crippen LogP contribution in [0.1, 0.15) is 60.6 Å². The van der Waals surface area contributed by atoms with Crippen molar-refractivity contribution in [2.24, 2.45) is 5.92 Å². The molecule has 5 heteroatoms. The summed E-state index contributed by atoms with van der Waals surface area (Å²) < 4.78 is 0. The first-order valence-corrected chi connectivity index (χ1v) is 10.2. The minimum Gasteiger partial charge on any atom is -0.334 e. The second-order valence-electron chi connectivity index (χ2n) is 8.11. The quantitative estimate of drug-likeness (QED) is 0.814. The van der Waals surface area contributed by atoms with Gasteiger partial charge in [0.2, 0.25) is 5.91 Å². The average Bonchev–Trinajstić information content (AvgIpc) is 3.05. The van der Waals surface area contributed by atoms with Gasteiger partial charge in [0.1, 0.15) is 6.04 Å². The molecule has 3 heterocycles. The van der Waals surface area contributed by atoms with Crippen molar-refractivity contribution in [3.8, 4) is 0 Å². The summed E-state index contributed by atoms with van der Waals surface area (Å²) in [6.45, 7) is 5.30. The van der Waals surface area contributed by atoms with Gasteiger partial charge in [0, 0.05) is 31.0 Å². The number of amides is 2. The average molecular weight is 377 g/mol. The van der Waals surface area contributed by atoms with E-state index in [9.17, 15) is 9.59 Å². The van der Waals surface area contributed by atoms with Crippen molar-refractivity contribution in [3.63, 3.8) is 0 Å². The highest BCUT2D eigenvalue weighted by atomic mass is 16.2. The molecule has 1 fully saturated rings. The number of piperidine rings is 1.